The van der Waals surface area contributed by atoms with E-state index in [-0.39, 0.29) is 0 Å². The SMILES string of the molecule is CCC1c2ccc(O)cc2CC1C. The minimum atomic E-state index is 0.405. The van der Waals surface area contributed by atoms with E-state index < -0.39 is 0 Å². The van der Waals surface area contributed by atoms with Gasteiger partial charge < -0.3 is 5.11 Å². The molecule has 0 amide bonds. The van der Waals surface area contributed by atoms with Crippen LogP contribution in [0, 0.1) is 5.92 Å². The fourth-order valence-corrected chi connectivity index (χ4v) is 2.55. The molecule has 1 aliphatic carbocycles. The molecule has 0 radical (unpaired) electrons. The molecule has 0 saturated carbocycles. The van der Waals surface area contributed by atoms with E-state index in [2.05, 4.69) is 19.9 Å². The van der Waals surface area contributed by atoms with Gasteiger partial charge in [0.05, 0.1) is 0 Å². The Morgan fingerprint density at radius 3 is 2.92 bits per heavy atom. The lowest BCUT2D eigenvalue weighted by Crippen LogP contribution is -2.01. The van der Waals surface area contributed by atoms with Gasteiger partial charge in [0, 0.05) is 0 Å². The first kappa shape index (κ1) is 8.61. The summed E-state index contributed by atoms with van der Waals surface area (Å²) in [7, 11) is 0. The monoisotopic (exact) mass is 176 g/mol. The molecule has 1 heteroatoms. The highest BCUT2D eigenvalue weighted by Crippen LogP contribution is 2.40. The zero-order valence-electron chi connectivity index (χ0n) is 8.25. The average Bonchev–Trinajstić information content (AvgIpc) is 2.39. The van der Waals surface area contributed by atoms with Crippen LogP contribution in [0.3, 0.4) is 0 Å². The minimum Gasteiger partial charge on any atom is -0.508 e. The lowest BCUT2D eigenvalue weighted by Gasteiger charge is -2.13. The Kier molecular flexibility index (Phi) is 2.03. The van der Waals surface area contributed by atoms with Gasteiger partial charge in [0.15, 0.2) is 0 Å². The zero-order valence-corrected chi connectivity index (χ0v) is 8.25. The second-order valence-corrected chi connectivity index (χ2v) is 4.08. The van der Waals surface area contributed by atoms with E-state index in [4.69, 9.17) is 0 Å². The van der Waals surface area contributed by atoms with Gasteiger partial charge in [0.2, 0.25) is 0 Å². The van der Waals surface area contributed by atoms with Gasteiger partial charge in [-0.1, -0.05) is 19.9 Å². The molecule has 70 valence electrons. The molecular formula is C12H16O. The Balaban J connectivity index is 2.42. The summed E-state index contributed by atoms with van der Waals surface area (Å²) in [6.45, 7) is 4.54. The van der Waals surface area contributed by atoms with Crippen molar-refractivity contribution < 1.29 is 5.11 Å². The molecule has 1 aliphatic rings. The summed E-state index contributed by atoms with van der Waals surface area (Å²) >= 11 is 0. The summed E-state index contributed by atoms with van der Waals surface area (Å²) in [4.78, 5) is 0. The molecule has 2 unspecified atom stereocenters. The number of hydrogen-bond acceptors (Lipinski definition) is 1. The molecule has 0 aliphatic heterocycles. The van der Waals surface area contributed by atoms with E-state index in [0.717, 1.165) is 12.3 Å². The summed E-state index contributed by atoms with van der Waals surface area (Å²) in [5.41, 5.74) is 2.80. The predicted molar refractivity (Wildman–Crippen MR) is 54.0 cm³/mol. The maximum absolute atomic E-state index is 9.34. The summed E-state index contributed by atoms with van der Waals surface area (Å²) < 4.78 is 0. The molecule has 0 saturated heterocycles. The van der Waals surface area contributed by atoms with Gasteiger partial charge in [-0.05, 0) is 47.9 Å². The summed E-state index contributed by atoms with van der Waals surface area (Å²) in [5.74, 6) is 1.85. The van der Waals surface area contributed by atoms with Crippen molar-refractivity contribution in [1.29, 1.82) is 0 Å². The third kappa shape index (κ3) is 1.32. The summed E-state index contributed by atoms with van der Waals surface area (Å²) in [6, 6.07) is 5.81. The zero-order chi connectivity index (χ0) is 9.42. The smallest absolute Gasteiger partial charge is 0.115 e. The molecule has 2 atom stereocenters. The van der Waals surface area contributed by atoms with E-state index in [1.165, 1.54) is 17.5 Å². The highest BCUT2D eigenvalue weighted by Gasteiger charge is 2.27. The summed E-state index contributed by atoms with van der Waals surface area (Å²) in [6.07, 6.45) is 2.33. The number of hydrogen-bond donors (Lipinski definition) is 1. The Hall–Kier alpha value is -0.980. The predicted octanol–water partition coefficient (Wildman–Crippen LogP) is 3.08. The number of rotatable bonds is 1. The first-order chi connectivity index (χ1) is 6.22. The van der Waals surface area contributed by atoms with Crippen molar-refractivity contribution >= 4 is 0 Å². The molecule has 1 nitrogen and oxygen atoms in total. The largest absolute Gasteiger partial charge is 0.508 e. The van der Waals surface area contributed by atoms with E-state index in [1.807, 2.05) is 6.07 Å². The van der Waals surface area contributed by atoms with Crippen LogP contribution in [0.2, 0.25) is 0 Å². The maximum atomic E-state index is 9.34. The van der Waals surface area contributed by atoms with Gasteiger partial charge in [-0.3, -0.25) is 0 Å². The van der Waals surface area contributed by atoms with Crippen LogP contribution in [-0.2, 0) is 6.42 Å². The van der Waals surface area contributed by atoms with Gasteiger partial charge in [-0.25, -0.2) is 0 Å². The molecule has 1 N–H and O–H groups in total. The van der Waals surface area contributed by atoms with Crippen molar-refractivity contribution in [2.24, 2.45) is 5.92 Å². The third-order valence-corrected chi connectivity index (χ3v) is 3.19. The Morgan fingerprint density at radius 2 is 2.23 bits per heavy atom. The van der Waals surface area contributed by atoms with Crippen molar-refractivity contribution in [2.45, 2.75) is 32.6 Å². The average molecular weight is 176 g/mol. The van der Waals surface area contributed by atoms with E-state index in [1.54, 1.807) is 6.07 Å². The maximum Gasteiger partial charge on any atom is 0.115 e. The van der Waals surface area contributed by atoms with E-state index in [9.17, 15) is 5.11 Å². The van der Waals surface area contributed by atoms with E-state index in [0.29, 0.717) is 11.7 Å². The number of phenolic OH excluding ortho intramolecular Hbond substituents is 1. The van der Waals surface area contributed by atoms with E-state index >= 15 is 0 Å². The molecule has 13 heavy (non-hydrogen) atoms. The normalized spacial score (nSPS) is 26.0. The molecule has 0 fully saturated rings. The van der Waals surface area contributed by atoms with Gasteiger partial charge in [-0.15, -0.1) is 0 Å². The fourth-order valence-electron chi connectivity index (χ4n) is 2.55. The van der Waals surface area contributed by atoms with Gasteiger partial charge >= 0.3 is 0 Å². The lowest BCUT2D eigenvalue weighted by atomic mass is 9.92. The van der Waals surface area contributed by atoms with Crippen molar-refractivity contribution in [2.75, 3.05) is 0 Å². The highest BCUT2D eigenvalue weighted by atomic mass is 16.3. The molecule has 1 aromatic carbocycles. The van der Waals surface area contributed by atoms with Crippen LogP contribution in [0.5, 0.6) is 5.75 Å². The number of aromatic hydroxyl groups is 1. The van der Waals surface area contributed by atoms with Crippen molar-refractivity contribution in [3.05, 3.63) is 29.3 Å². The van der Waals surface area contributed by atoms with Crippen LogP contribution in [0.4, 0.5) is 0 Å². The van der Waals surface area contributed by atoms with Gasteiger partial charge in [-0.2, -0.15) is 0 Å². The second-order valence-electron chi connectivity index (χ2n) is 4.08. The first-order valence-corrected chi connectivity index (χ1v) is 5.04. The topological polar surface area (TPSA) is 20.2 Å². The molecule has 2 rings (SSSR count). The quantitative estimate of drug-likeness (QED) is 0.697. The summed E-state index contributed by atoms with van der Waals surface area (Å²) in [5, 5.41) is 9.34. The van der Waals surface area contributed by atoms with Gasteiger partial charge in [0.1, 0.15) is 5.75 Å². The van der Waals surface area contributed by atoms with Crippen LogP contribution < -0.4 is 0 Å². The number of fused-ring (bicyclic) bond motifs is 1. The molecule has 0 aromatic heterocycles. The molecule has 0 bridgehead atoms. The van der Waals surface area contributed by atoms with Crippen molar-refractivity contribution in [1.82, 2.24) is 0 Å². The molecular weight excluding hydrogens is 160 g/mol. The lowest BCUT2D eigenvalue weighted by molar-refractivity contribution is 0.474. The third-order valence-electron chi connectivity index (χ3n) is 3.19. The number of benzene rings is 1. The van der Waals surface area contributed by atoms with Crippen LogP contribution in [-0.4, -0.2) is 5.11 Å². The molecule has 0 heterocycles. The minimum absolute atomic E-state index is 0.405. The van der Waals surface area contributed by atoms with Crippen LogP contribution in [0.1, 0.15) is 37.3 Å². The molecule has 0 spiro atoms. The van der Waals surface area contributed by atoms with Crippen molar-refractivity contribution in [3.63, 3.8) is 0 Å². The van der Waals surface area contributed by atoms with Crippen LogP contribution in [0.25, 0.3) is 0 Å². The van der Waals surface area contributed by atoms with Gasteiger partial charge in [0.25, 0.3) is 0 Å². The standard InChI is InChI=1S/C12H16O/c1-3-11-8(2)6-9-7-10(13)4-5-12(9)11/h4-5,7-8,11,13H,3,6H2,1-2H3. The Bertz CT molecular complexity index is 317. The van der Waals surface area contributed by atoms with Crippen molar-refractivity contribution in [3.8, 4) is 5.75 Å². The van der Waals surface area contributed by atoms with Crippen LogP contribution >= 0.6 is 0 Å². The fraction of sp³-hybridized carbons (Fsp3) is 0.500. The number of phenols is 1. The molecule has 1 aromatic rings. The van der Waals surface area contributed by atoms with Crippen LogP contribution in [0.15, 0.2) is 18.2 Å². The second kappa shape index (κ2) is 3.06. The Morgan fingerprint density at radius 1 is 1.46 bits per heavy atom. The first-order valence-electron chi connectivity index (χ1n) is 5.04. The highest BCUT2D eigenvalue weighted by molar-refractivity contribution is 5.41. The Labute approximate surface area is 79.4 Å².